The van der Waals surface area contributed by atoms with E-state index in [4.69, 9.17) is 9.84 Å². The third kappa shape index (κ3) is 3.02. The Balaban J connectivity index is 2.32. The van der Waals surface area contributed by atoms with Gasteiger partial charge in [0.25, 0.3) is 0 Å². The minimum atomic E-state index is -1.73. The molecule has 3 N–H and O–H groups in total. The maximum atomic E-state index is 12.1. The molecule has 0 spiro atoms. The van der Waals surface area contributed by atoms with Gasteiger partial charge < -0.3 is 25.0 Å². The number of hydrogen-bond donors (Lipinski definition) is 3. The van der Waals surface area contributed by atoms with E-state index in [2.05, 4.69) is 9.98 Å². The number of aromatic nitrogens is 2. The quantitative estimate of drug-likeness (QED) is 0.455. The van der Waals surface area contributed by atoms with Crippen LogP contribution in [0.4, 0.5) is 5.82 Å². The predicted molar refractivity (Wildman–Crippen MR) is 78.0 cm³/mol. The van der Waals surface area contributed by atoms with Gasteiger partial charge in [-0.25, -0.2) is 9.79 Å². The lowest BCUT2D eigenvalue weighted by atomic mass is 9.96. The highest BCUT2D eigenvalue weighted by atomic mass is 16.6. The fourth-order valence-electron chi connectivity index (χ4n) is 2.22. The van der Waals surface area contributed by atoms with Gasteiger partial charge in [-0.2, -0.15) is 4.98 Å². The molecule has 2 rings (SSSR count). The average molecular weight is 312 g/mol. The van der Waals surface area contributed by atoms with E-state index in [0.717, 1.165) is 4.57 Å². The molecule has 122 valence electrons. The van der Waals surface area contributed by atoms with E-state index in [1.807, 2.05) is 0 Å². The smallest absolute Gasteiger partial charge is 0.351 e. The molecule has 4 atom stereocenters. The second kappa shape index (κ2) is 6.13. The minimum absolute atomic E-state index is 0.215. The van der Waals surface area contributed by atoms with Crippen molar-refractivity contribution in [1.29, 1.82) is 0 Å². The third-order valence-corrected chi connectivity index (χ3v) is 3.42. The fourth-order valence-corrected chi connectivity index (χ4v) is 2.22. The van der Waals surface area contributed by atoms with Crippen LogP contribution in [0.5, 0.6) is 0 Å². The van der Waals surface area contributed by atoms with Crippen molar-refractivity contribution in [3.05, 3.63) is 22.7 Å². The van der Waals surface area contributed by atoms with Gasteiger partial charge in [0.15, 0.2) is 12.0 Å². The first-order chi connectivity index (χ1) is 10.3. The van der Waals surface area contributed by atoms with Crippen molar-refractivity contribution in [3.63, 3.8) is 0 Å². The van der Waals surface area contributed by atoms with Crippen molar-refractivity contribution in [2.75, 3.05) is 20.7 Å². The second-order valence-electron chi connectivity index (χ2n) is 5.56. The molecule has 9 heteroatoms. The van der Waals surface area contributed by atoms with E-state index in [-0.39, 0.29) is 5.82 Å². The summed E-state index contributed by atoms with van der Waals surface area (Å²) >= 11 is 0. The molecule has 1 fully saturated rings. The van der Waals surface area contributed by atoms with Crippen molar-refractivity contribution in [1.82, 2.24) is 14.5 Å². The van der Waals surface area contributed by atoms with Crippen LogP contribution >= 0.6 is 0 Å². The number of aliphatic imine (C=N–C) groups is 1. The molecular formula is C13H20N4O5. The molecule has 2 heterocycles. The van der Waals surface area contributed by atoms with Crippen molar-refractivity contribution >= 4 is 12.2 Å². The van der Waals surface area contributed by atoms with Crippen molar-refractivity contribution < 1.29 is 20.1 Å². The van der Waals surface area contributed by atoms with Crippen molar-refractivity contribution in [2.45, 2.75) is 31.0 Å². The van der Waals surface area contributed by atoms with Gasteiger partial charge in [-0.3, -0.25) is 4.57 Å². The minimum Gasteiger partial charge on any atom is -0.394 e. The number of nitrogens with zero attached hydrogens (tertiary/aromatic N) is 4. The Morgan fingerprint density at radius 1 is 1.59 bits per heavy atom. The Hall–Kier alpha value is -1.81. The number of aliphatic hydroxyl groups is 3. The molecule has 0 aliphatic carbocycles. The van der Waals surface area contributed by atoms with Gasteiger partial charge in [0.2, 0.25) is 0 Å². The van der Waals surface area contributed by atoms with E-state index in [0.29, 0.717) is 0 Å². The third-order valence-electron chi connectivity index (χ3n) is 3.42. The van der Waals surface area contributed by atoms with Crippen LogP contribution in [0.25, 0.3) is 0 Å². The highest BCUT2D eigenvalue weighted by Gasteiger charge is 2.53. The van der Waals surface area contributed by atoms with Gasteiger partial charge in [0.1, 0.15) is 17.8 Å². The van der Waals surface area contributed by atoms with Gasteiger partial charge >= 0.3 is 5.69 Å². The van der Waals surface area contributed by atoms with Crippen LogP contribution in [0.2, 0.25) is 0 Å². The molecule has 9 nitrogen and oxygen atoms in total. The maximum absolute atomic E-state index is 12.1. The summed E-state index contributed by atoms with van der Waals surface area (Å²) in [6.07, 6.45) is -0.561. The van der Waals surface area contributed by atoms with Gasteiger partial charge in [0, 0.05) is 20.3 Å². The molecule has 0 bridgehead atoms. The normalized spacial score (nSPS) is 31.8. The summed E-state index contributed by atoms with van der Waals surface area (Å²) < 4.78 is 6.43. The van der Waals surface area contributed by atoms with Crippen LogP contribution in [-0.2, 0) is 4.74 Å². The lowest BCUT2D eigenvalue weighted by Crippen LogP contribution is -2.46. The molecule has 1 aliphatic heterocycles. The standard InChI is InChI=1S/C13H20N4O5/c1-13(21)10(19)8(6-18)22-11(13)17-5-4-9(15-12(17)20)14-7-16(2)3/h4-5,7-8,10-11,18-19,21H,6H2,1-3H3/b14-7-/t8-,10?,11?,13+/m1/s1. The van der Waals surface area contributed by atoms with Gasteiger partial charge in [-0.1, -0.05) is 0 Å². The van der Waals surface area contributed by atoms with Crippen LogP contribution in [0.3, 0.4) is 0 Å². The highest BCUT2D eigenvalue weighted by molar-refractivity contribution is 5.58. The van der Waals surface area contributed by atoms with E-state index in [9.17, 15) is 15.0 Å². The summed E-state index contributed by atoms with van der Waals surface area (Å²) in [7, 11) is 3.56. The Morgan fingerprint density at radius 3 is 2.77 bits per heavy atom. The summed E-state index contributed by atoms with van der Waals surface area (Å²) in [5, 5.41) is 29.4. The van der Waals surface area contributed by atoms with Crippen LogP contribution in [0, 0.1) is 0 Å². The maximum Gasteiger partial charge on any atom is 0.351 e. The zero-order valence-electron chi connectivity index (χ0n) is 12.6. The molecule has 2 unspecified atom stereocenters. The van der Waals surface area contributed by atoms with Crippen LogP contribution in [0.15, 0.2) is 22.1 Å². The molecule has 1 aromatic heterocycles. The molecule has 22 heavy (non-hydrogen) atoms. The summed E-state index contributed by atoms with van der Waals surface area (Å²) in [5.41, 5.74) is -2.41. The Morgan fingerprint density at radius 2 is 2.27 bits per heavy atom. The highest BCUT2D eigenvalue weighted by Crippen LogP contribution is 2.37. The van der Waals surface area contributed by atoms with Crippen LogP contribution in [0.1, 0.15) is 13.2 Å². The van der Waals surface area contributed by atoms with Gasteiger partial charge in [-0.15, -0.1) is 0 Å². The van der Waals surface area contributed by atoms with Crippen LogP contribution in [-0.4, -0.2) is 74.6 Å². The topological polar surface area (TPSA) is 120 Å². The second-order valence-corrected chi connectivity index (χ2v) is 5.56. The lowest BCUT2D eigenvalue weighted by Gasteiger charge is -2.27. The molecule has 0 radical (unpaired) electrons. The predicted octanol–water partition coefficient (Wildman–Crippen LogP) is -1.53. The Bertz CT molecular complexity index is 613. The molecule has 0 aromatic carbocycles. The molecule has 1 aromatic rings. The van der Waals surface area contributed by atoms with Crippen molar-refractivity contribution in [3.8, 4) is 0 Å². The number of rotatable bonds is 4. The number of ether oxygens (including phenoxy) is 1. The summed E-state index contributed by atoms with van der Waals surface area (Å²) in [5.74, 6) is 0.215. The molecule has 0 amide bonds. The summed E-state index contributed by atoms with van der Waals surface area (Å²) in [4.78, 5) is 21.6. The molecule has 0 saturated carbocycles. The lowest BCUT2D eigenvalue weighted by molar-refractivity contribution is -0.0986. The first-order valence-corrected chi connectivity index (χ1v) is 6.74. The molecule has 1 saturated heterocycles. The van der Waals surface area contributed by atoms with Gasteiger partial charge in [0.05, 0.1) is 12.9 Å². The average Bonchev–Trinajstić information content (AvgIpc) is 2.68. The number of aliphatic hydroxyl groups excluding tert-OH is 2. The summed E-state index contributed by atoms with van der Waals surface area (Å²) in [6.45, 7) is 0.865. The fraction of sp³-hybridized carbons (Fsp3) is 0.615. The zero-order chi connectivity index (χ0) is 16.5. The molecular weight excluding hydrogens is 292 g/mol. The van der Waals surface area contributed by atoms with E-state index in [1.54, 1.807) is 19.0 Å². The zero-order valence-corrected chi connectivity index (χ0v) is 12.6. The van der Waals surface area contributed by atoms with E-state index in [1.165, 1.54) is 25.5 Å². The Labute approximate surface area is 127 Å². The van der Waals surface area contributed by atoms with Crippen molar-refractivity contribution in [2.24, 2.45) is 4.99 Å². The molecule has 1 aliphatic rings. The SMILES string of the molecule is CN(C)/C=N\c1ccn(C2O[C@H](CO)C(O)[C@]2(C)O)c(=O)n1. The van der Waals surface area contributed by atoms with E-state index >= 15 is 0 Å². The first kappa shape index (κ1) is 16.6. The monoisotopic (exact) mass is 312 g/mol. The summed E-state index contributed by atoms with van der Waals surface area (Å²) in [6, 6.07) is 1.49. The van der Waals surface area contributed by atoms with Gasteiger partial charge in [-0.05, 0) is 13.0 Å². The first-order valence-electron chi connectivity index (χ1n) is 6.74. The number of hydrogen-bond acceptors (Lipinski definition) is 7. The largest absolute Gasteiger partial charge is 0.394 e. The van der Waals surface area contributed by atoms with E-state index < -0.39 is 36.3 Å². The Kier molecular flexibility index (Phi) is 4.61. The van der Waals surface area contributed by atoms with Crippen LogP contribution < -0.4 is 5.69 Å².